The van der Waals surface area contributed by atoms with Crippen molar-refractivity contribution in [1.82, 2.24) is 5.32 Å². The summed E-state index contributed by atoms with van der Waals surface area (Å²) in [5, 5.41) is 2.64. The summed E-state index contributed by atoms with van der Waals surface area (Å²) in [5.41, 5.74) is -0.0855. The fourth-order valence-electron chi connectivity index (χ4n) is 2.89. The highest BCUT2D eigenvalue weighted by atomic mass is 19.4. The maximum Gasteiger partial charge on any atom is 0.494 e. The first-order valence-electron chi connectivity index (χ1n) is 9.29. The Kier molecular flexibility index (Phi) is 5.53. The lowest BCUT2D eigenvalue weighted by molar-refractivity contribution is -0.137. The molecule has 0 unspecified atom stereocenters. The van der Waals surface area contributed by atoms with Gasteiger partial charge in [-0.1, -0.05) is 30.3 Å². The Hall–Kier alpha value is -2.32. The number of amides is 1. The zero-order chi connectivity index (χ0) is 21.4. The maximum atomic E-state index is 12.8. The second kappa shape index (κ2) is 7.50. The van der Waals surface area contributed by atoms with Crippen molar-refractivity contribution < 1.29 is 27.3 Å². The van der Waals surface area contributed by atoms with Gasteiger partial charge < -0.3 is 14.6 Å². The average molecular weight is 405 g/mol. The number of carbonyl (C=O) groups excluding carboxylic acids is 1. The lowest BCUT2D eigenvalue weighted by atomic mass is 9.79. The van der Waals surface area contributed by atoms with Crippen molar-refractivity contribution in [3.05, 3.63) is 65.2 Å². The van der Waals surface area contributed by atoms with E-state index >= 15 is 0 Å². The van der Waals surface area contributed by atoms with Gasteiger partial charge in [-0.25, -0.2) is 0 Å². The SMILES string of the molecule is CC1(C)OB(c2ccc(CNC(=O)c3cccc(C(F)(F)F)c3)cc2)OC1(C)C. The maximum absolute atomic E-state index is 12.8. The average Bonchev–Trinajstić information content (AvgIpc) is 2.87. The molecule has 0 spiro atoms. The van der Waals surface area contributed by atoms with Crippen LogP contribution in [-0.4, -0.2) is 24.2 Å². The minimum absolute atomic E-state index is 0.0336. The Balaban J connectivity index is 1.62. The first-order chi connectivity index (χ1) is 13.4. The van der Waals surface area contributed by atoms with Crippen molar-refractivity contribution in [2.45, 2.75) is 51.6 Å². The molecule has 1 aliphatic rings. The zero-order valence-electron chi connectivity index (χ0n) is 16.8. The molecule has 1 heterocycles. The molecule has 29 heavy (non-hydrogen) atoms. The van der Waals surface area contributed by atoms with E-state index in [2.05, 4.69) is 5.32 Å². The molecular weight excluding hydrogens is 382 g/mol. The summed E-state index contributed by atoms with van der Waals surface area (Å²) in [5.74, 6) is -0.564. The lowest BCUT2D eigenvalue weighted by Crippen LogP contribution is -2.41. The Morgan fingerprint density at radius 3 is 2.14 bits per heavy atom. The number of benzene rings is 2. The largest absolute Gasteiger partial charge is 0.494 e. The number of hydrogen-bond acceptors (Lipinski definition) is 3. The van der Waals surface area contributed by atoms with Crippen molar-refractivity contribution in [2.24, 2.45) is 0 Å². The van der Waals surface area contributed by atoms with Gasteiger partial charge in [-0.3, -0.25) is 4.79 Å². The van der Waals surface area contributed by atoms with Crippen LogP contribution in [0.4, 0.5) is 13.2 Å². The van der Waals surface area contributed by atoms with E-state index in [0.29, 0.717) is 0 Å². The molecule has 1 amide bonds. The number of carbonyl (C=O) groups is 1. The molecule has 1 N–H and O–H groups in total. The van der Waals surface area contributed by atoms with Gasteiger partial charge in [0.1, 0.15) is 0 Å². The van der Waals surface area contributed by atoms with Crippen LogP contribution in [0.3, 0.4) is 0 Å². The third-order valence-electron chi connectivity index (χ3n) is 5.41. The van der Waals surface area contributed by atoms with E-state index in [9.17, 15) is 18.0 Å². The predicted octanol–water partition coefficient (Wildman–Crippen LogP) is 3.93. The molecule has 0 saturated carbocycles. The van der Waals surface area contributed by atoms with Crippen LogP contribution in [0.15, 0.2) is 48.5 Å². The smallest absolute Gasteiger partial charge is 0.399 e. The fourth-order valence-corrected chi connectivity index (χ4v) is 2.89. The summed E-state index contributed by atoms with van der Waals surface area (Å²) in [6.45, 7) is 8.10. The summed E-state index contributed by atoms with van der Waals surface area (Å²) in [4.78, 5) is 12.2. The second-order valence-electron chi connectivity index (χ2n) is 8.09. The Bertz CT molecular complexity index is 879. The van der Waals surface area contributed by atoms with Crippen molar-refractivity contribution in [1.29, 1.82) is 0 Å². The van der Waals surface area contributed by atoms with Gasteiger partial charge in [-0.05, 0) is 56.9 Å². The normalized spacial score (nSPS) is 18.0. The lowest BCUT2D eigenvalue weighted by Gasteiger charge is -2.32. The number of nitrogens with one attached hydrogen (secondary N) is 1. The number of hydrogen-bond donors (Lipinski definition) is 1. The Morgan fingerprint density at radius 2 is 1.59 bits per heavy atom. The molecular formula is C21H23BF3NO3. The summed E-state index contributed by atoms with van der Waals surface area (Å²) < 4.78 is 50.4. The van der Waals surface area contributed by atoms with E-state index in [1.807, 2.05) is 52.0 Å². The van der Waals surface area contributed by atoms with Crippen LogP contribution in [0.25, 0.3) is 0 Å². The van der Waals surface area contributed by atoms with E-state index in [0.717, 1.165) is 23.2 Å². The number of rotatable bonds is 4. The molecule has 0 radical (unpaired) electrons. The van der Waals surface area contributed by atoms with E-state index in [-0.39, 0.29) is 12.1 Å². The molecule has 3 rings (SSSR count). The molecule has 154 valence electrons. The van der Waals surface area contributed by atoms with Gasteiger partial charge in [0.2, 0.25) is 0 Å². The van der Waals surface area contributed by atoms with Gasteiger partial charge in [-0.2, -0.15) is 13.2 Å². The summed E-state index contributed by atoms with van der Waals surface area (Å²) in [6, 6.07) is 11.7. The van der Waals surface area contributed by atoms with Crippen LogP contribution in [0.1, 0.15) is 49.2 Å². The molecule has 0 bridgehead atoms. The van der Waals surface area contributed by atoms with Crippen molar-refractivity contribution >= 4 is 18.5 Å². The monoisotopic (exact) mass is 405 g/mol. The fraction of sp³-hybridized carbons (Fsp3) is 0.381. The van der Waals surface area contributed by atoms with E-state index in [1.165, 1.54) is 12.1 Å². The predicted molar refractivity (Wildman–Crippen MR) is 105 cm³/mol. The van der Waals surface area contributed by atoms with Crippen LogP contribution in [-0.2, 0) is 22.0 Å². The van der Waals surface area contributed by atoms with E-state index in [4.69, 9.17) is 9.31 Å². The topological polar surface area (TPSA) is 47.6 Å². The Morgan fingerprint density at radius 1 is 1.00 bits per heavy atom. The van der Waals surface area contributed by atoms with Crippen LogP contribution in [0.2, 0.25) is 0 Å². The van der Waals surface area contributed by atoms with Crippen molar-refractivity contribution in [3.8, 4) is 0 Å². The van der Waals surface area contributed by atoms with Crippen molar-refractivity contribution in [2.75, 3.05) is 0 Å². The van der Waals surface area contributed by atoms with Crippen LogP contribution in [0, 0.1) is 0 Å². The third-order valence-corrected chi connectivity index (χ3v) is 5.41. The molecule has 0 aromatic heterocycles. The summed E-state index contributed by atoms with van der Waals surface area (Å²) in [6.07, 6.45) is -4.49. The van der Waals surface area contributed by atoms with Gasteiger partial charge in [0, 0.05) is 12.1 Å². The molecule has 0 atom stereocenters. The first-order valence-corrected chi connectivity index (χ1v) is 9.29. The van der Waals surface area contributed by atoms with Crippen LogP contribution >= 0.6 is 0 Å². The highest BCUT2D eigenvalue weighted by molar-refractivity contribution is 6.62. The van der Waals surface area contributed by atoms with Crippen LogP contribution in [0.5, 0.6) is 0 Å². The van der Waals surface area contributed by atoms with Gasteiger partial charge in [-0.15, -0.1) is 0 Å². The van der Waals surface area contributed by atoms with Crippen molar-refractivity contribution in [3.63, 3.8) is 0 Å². The van der Waals surface area contributed by atoms with E-state index < -0.39 is 36.0 Å². The molecule has 8 heteroatoms. The zero-order valence-corrected chi connectivity index (χ0v) is 16.8. The molecule has 1 saturated heterocycles. The van der Waals surface area contributed by atoms with Gasteiger partial charge in [0.05, 0.1) is 16.8 Å². The highest BCUT2D eigenvalue weighted by Crippen LogP contribution is 2.36. The standard InChI is InChI=1S/C21H23BF3NO3/c1-19(2)20(3,4)29-22(28-19)17-10-8-14(9-11-17)13-26-18(27)15-6-5-7-16(12-15)21(23,24)25/h5-12H,13H2,1-4H3,(H,26,27). The quantitative estimate of drug-likeness (QED) is 0.785. The second-order valence-corrected chi connectivity index (χ2v) is 8.09. The summed E-state index contributed by atoms with van der Waals surface area (Å²) in [7, 11) is -0.478. The summed E-state index contributed by atoms with van der Waals surface area (Å²) >= 11 is 0. The number of halogens is 3. The molecule has 4 nitrogen and oxygen atoms in total. The van der Waals surface area contributed by atoms with Gasteiger partial charge >= 0.3 is 13.3 Å². The Labute approximate surface area is 168 Å². The van der Waals surface area contributed by atoms with E-state index in [1.54, 1.807) is 0 Å². The molecule has 0 aliphatic carbocycles. The van der Waals surface area contributed by atoms with Crippen LogP contribution < -0.4 is 10.8 Å². The third kappa shape index (κ3) is 4.65. The van der Waals surface area contributed by atoms with Gasteiger partial charge in [0.25, 0.3) is 5.91 Å². The minimum atomic E-state index is -4.49. The number of alkyl halides is 3. The molecule has 2 aromatic rings. The molecule has 2 aromatic carbocycles. The minimum Gasteiger partial charge on any atom is -0.399 e. The first kappa shape index (κ1) is 21.4. The highest BCUT2D eigenvalue weighted by Gasteiger charge is 2.51. The van der Waals surface area contributed by atoms with Gasteiger partial charge in [0.15, 0.2) is 0 Å². The molecule has 1 aliphatic heterocycles. The molecule has 1 fully saturated rings.